The number of halogens is 1. The molecule has 0 saturated heterocycles. The van der Waals surface area contributed by atoms with Crippen molar-refractivity contribution in [2.24, 2.45) is 0 Å². The Morgan fingerprint density at radius 2 is 1.80 bits per heavy atom. The molecule has 0 aliphatic heterocycles. The molecule has 154 valence electrons. The Morgan fingerprint density at radius 1 is 1.00 bits per heavy atom. The summed E-state index contributed by atoms with van der Waals surface area (Å²) in [6, 6.07) is 14.4. The average Bonchev–Trinajstić information content (AvgIpc) is 3.39. The van der Waals surface area contributed by atoms with Crippen molar-refractivity contribution in [3.63, 3.8) is 0 Å². The van der Waals surface area contributed by atoms with Gasteiger partial charge >= 0.3 is 0 Å². The van der Waals surface area contributed by atoms with Gasteiger partial charge in [0.05, 0.1) is 5.69 Å². The van der Waals surface area contributed by atoms with Crippen LogP contribution >= 0.6 is 0 Å². The number of hydrogen-bond acceptors (Lipinski definition) is 5. The number of aromatic nitrogens is 3. The second kappa shape index (κ2) is 8.22. The van der Waals surface area contributed by atoms with E-state index >= 15 is 0 Å². The van der Waals surface area contributed by atoms with Crippen LogP contribution in [0.5, 0.6) is 0 Å². The minimum absolute atomic E-state index is 0.135. The monoisotopic (exact) mass is 405 g/mol. The predicted octanol–water partition coefficient (Wildman–Crippen LogP) is 6.14. The van der Waals surface area contributed by atoms with Gasteiger partial charge in [-0.15, -0.1) is 0 Å². The van der Waals surface area contributed by atoms with Gasteiger partial charge in [0, 0.05) is 23.5 Å². The van der Waals surface area contributed by atoms with Crippen LogP contribution in [0.3, 0.4) is 0 Å². The first-order chi connectivity index (χ1) is 14.4. The molecule has 0 atom stereocenters. The summed E-state index contributed by atoms with van der Waals surface area (Å²) in [6.07, 6.45) is 4.60. The fourth-order valence-electron chi connectivity index (χ4n) is 3.45. The third kappa shape index (κ3) is 4.48. The first-order valence-corrected chi connectivity index (χ1v) is 10.0. The number of aryl methyl sites for hydroxylation is 2. The van der Waals surface area contributed by atoms with Gasteiger partial charge in [-0.25, -0.2) is 9.37 Å². The van der Waals surface area contributed by atoms with E-state index in [2.05, 4.69) is 41.1 Å². The zero-order valence-corrected chi connectivity index (χ0v) is 17.4. The van der Waals surface area contributed by atoms with E-state index in [4.69, 9.17) is 8.94 Å². The van der Waals surface area contributed by atoms with E-state index in [-0.39, 0.29) is 11.2 Å². The summed E-state index contributed by atoms with van der Waals surface area (Å²) in [6.45, 7) is 6.11. The Morgan fingerprint density at radius 3 is 2.53 bits per heavy atom. The summed E-state index contributed by atoms with van der Waals surface area (Å²) in [7, 11) is 0. The van der Waals surface area contributed by atoms with Gasteiger partial charge in [-0.2, -0.15) is 4.98 Å². The standard InChI is InChI=1S/C24H24FN3O2/c1-16-26-22(28-30-16)19-8-4-6-17(14-19)7-5-13-24(2,3)21-15-29-23(27-21)18-9-11-20(25)12-10-18/h4,6,8-12,14-15H,5,7,13H2,1-3H3. The second-order valence-corrected chi connectivity index (χ2v) is 8.12. The first-order valence-electron chi connectivity index (χ1n) is 10.0. The zero-order chi connectivity index (χ0) is 21.1. The lowest BCUT2D eigenvalue weighted by Crippen LogP contribution is -2.17. The number of hydrogen-bond donors (Lipinski definition) is 0. The van der Waals surface area contributed by atoms with Crippen molar-refractivity contribution in [2.75, 3.05) is 0 Å². The summed E-state index contributed by atoms with van der Waals surface area (Å²) in [5.41, 5.74) is 3.73. The highest BCUT2D eigenvalue weighted by Gasteiger charge is 2.24. The SMILES string of the molecule is Cc1nc(-c2cccc(CCCC(C)(C)c3coc(-c4ccc(F)cc4)n3)c2)no1. The highest BCUT2D eigenvalue weighted by Crippen LogP contribution is 2.31. The van der Waals surface area contributed by atoms with Crippen LogP contribution in [0.1, 0.15) is 43.8 Å². The highest BCUT2D eigenvalue weighted by molar-refractivity contribution is 5.55. The van der Waals surface area contributed by atoms with Crippen molar-refractivity contribution in [3.8, 4) is 22.8 Å². The summed E-state index contributed by atoms with van der Waals surface area (Å²) in [5, 5.41) is 3.99. The molecular formula is C24H24FN3O2. The molecule has 0 radical (unpaired) electrons. The van der Waals surface area contributed by atoms with Gasteiger partial charge < -0.3 is 8.94 Å². The van der Waals surface area contributed by atoms with Crippen molar-refractivity contribution >= 4 is 0 Å². The van der Waals surface area contributed by atoms with E-state index < -0.39 is 0 Å². The lowest BCUT2D eigenvalue weighted by molar-refractivity contribution is 0.394. The van der Waals surface area contributed by atoms with E-state index in [0.29, 0.717) is 17.6 Å². The van der Waals surface area contributed by atoms with Gasteiger partial charge in [-0.1, -0.05) is 37.2 Å². The smallest absolute Gasteiger partial charge is 0.226 e. The molecule has 0 saturated carbocycles. The van der Waals surface area contributed by atoms with Crippen LogP contribution in [0.2, 0.25) is 0 Å². The lowest BCUT2D eigenvalue weighted by Gasteiger charge is -2.21. The van der Waals surface area contributed by atoms with Crippen LogP contribution < -0.4 is 0 Å². The molecule has 0 bridgehead atoms. The number of rotatable bonds is 7. The summed E-state index contributed by atoms with van der Waals surface area (Å²) >= 11 is 0. The maximum Gasteiger partial charge on any atom is 0.226 e. The van der Waals surface area contributed by atoms with E-state index in [1.807, 2.05) is 12.1 Å². The predicted molar refractivity (Wildman–Crippen MR) is 112 cm³/mol. The van der Waals surface area contributed by atoms with E-state index in [1.54, 1.807) is 25.3 Å². The molecule has 0 N–H and O–H groups in total. The maximum absolute atomic E-state index is 13.1. The van der Waals surface area contributed by atoms with Gasteiger partial charge in [0.25, 0.3) is 0 Å². The Bertz CT molecular complexity index is 1130. The van der Waals surface area contributed by atoms with Crippen molar-refractivity contribution < 1.29 is 13.3 Å². The molecule has 30 heavy (non-hydrogen) atoms. The molecule has 0 aliphatic carbocycles. The van der Waals surface area contributed by atoms with Crippen LogP contribution in [0.4, 0.5) is 4.39 Å². The molecule has 0 aliphatic rings. The Hall–Kier alpha value is -3.28. The quantitative estimate of drug-likeness (QED) is 0.369. The van der Waals surface area contributed by atoms with Crippen molar-refractivity contribution in [1.29, 1.82) is 0 Å². The van der Waals surface area contributed by atoms with E-state index in [9.17, 15) is 4.39 Å². The Balaban J connectivity index is 1.39. The lowest BCUT2D eigenvalue weighted by atomic mass is 9.84. The molecule has 4 rings (SSSR count). The minimum atomic E-state index is -0.274. The third-order valence-corrected chi connectivity index (χ3v) is 5.27. The molecule has 5 nitrogen and oxygen atoms in total. The third-order valence-electron chi connectivity index (χ3n) is 5.27. The molecule has 0 unspecified atom stereocenters. The zero-order valence-electron chi connectivity index (χ0n) is 17.4. The fourth-order valence-corrected chi connectivity index (χ4v) is 3.45. The largest absolute Gasteiger partial charge is 0.444 e. The molecular weight excluding hydrogens is 381 g/mol. The van der Waals surface area contributed by atoms with Crippen LogP contribution in [-0.4, -0.2) is 15.1 Å². The molecule has 6 heteroatoms. The van der Waals surface area contributed by atoms with E-state index in [1.165, 1.54) is 17.7 Å². The van der Waals surface area contributed by atoms with Crippen LogP contribution in [-0.2, 0) is 11.8 Å². The van der Waals surface area contributed by atoms with Crippen molar-refractivity contribution in [1.82, 2.24) is 15.1 Å². The van der Waals surface area contributed by atoms with Crippen molar-refractivity contribution in [2.45, 2.75) is 45.4 Å². The Labute approximate surface area is 175 Å². The van der Waals surface area contributed by atoms with Gasteiger partial charge in [-0.05, 0) is 55.2 Å². The van der Waals surface area contributed by atoms with Crippen molar-refractivity contribution in [3.05, 3.63) is 77.8 Å². The molecule has 0 spiro atoms. The number of nitrogens with zero attached hydrogens (tertiary/aromatic N) is 3. The van der Waals surface area contributed by atoms with Crippen LogP contribution in [0, 0.1) is 12.7 Å². The fraction of sp³-hybridized carbons (Fsp3) is 0.292. The molecule has 0 fully saturated rings. The first kappa shape index (κ1) is 20.0. The summed E-state index contributed by atoms with van der Waals surface area (Å²) < 4.78 is 23.9. The molecule has 0 amide bonds. The van der Waals surface area contributed by atoms with E-state index in [0.717, 1.165) is 36.1 Å². The molecule has 2 aromatic carbocycles. The summed E-state index contributed by atoms with van der Waals surface area (Å²) in [5.74, 6) is 1.42. The number of benzene rings is 2. The second-order valence-electron chi connectivity index (χ2n) is 8.12. The van der Waals surface area contributed by atoms with Gasteiger partial charge in [0.1, 0.15) is 12.1 Å². The van der Waals surface area contributed by atoms with Gasteiger partial charge in [0.15, 0.2) is 0 Å². The van der Waals surface area contributed by atoms with Crippen LogP contribution in [0.15, 0.2) is 63.7 Å². The molecule has 2 aromatic heterocycles. The average molecular weight is 405 g/mol. The molecule has 2 heterocycles. The maximum atomic E-state index is 13.1. The Kier molecular flexibility index (Phi) is 5.48. The minimum Gasteiger partial charge on any atom is -0.444 e. The summed E-state index contributed by atoms with van der Waals surface area (Å²) in [4.78, 5) is 8.94. The normalized spacial score (nSPS) is 11.7. The van der Waals surface area contributed by atoms with Gasteiger partial charge in [0.2, 0.25) is 17.6 Å². The molecule has 4 aromatic rings. The number of oxazole rings is 1. The highest BCUT2D eigenvalue weighted by atomic mass is 19.1. The van der Waals surface area contributed by atoms with Gasteiger partial charge in [-0.3, -0.25) is 0 Å². The topological polar surface area (TPSA) is 65.0 Å². The van der Waals surface area contributed by atoms with Crippen LogP contribution in [0.25, 0.3) is 22.8 Å².